The molecule has 0 heterocycles. The summed E-state index contributed by atoms with van der Waals surface area (Å²) >= 11 is 5.78. The molecule has 124 valence electrons. The van der Waals surface area contributed by atoms with Crippen LogP contribution in [0.25, 0.3) is 6.08 Å². The first-order valence-electron chi connectivity index (χ1n) is 7.33. The highest BCUT2D eigenvalue weighted by atomic mass is 35.5. The molecule has 0 radical (unpaired) electrons. The van der Waals surface area contributed by atoms with Crippen LogP contribution in [0.1, 0.15) is 18.9 Å². The molecule has 0 spiro atoms. The molecule has 0 unspecified atom stereocenters. The predicted octanol–water partition coefficient (Wildman–Crippen LogP) is 4.47. The lowest BCUT2D eigenvalue weighted by atomic mass is 10.2. The van der Waals surface area contributed by atoms with Gasteiger partial charge in [-0.25, -0.2) is 8.42 Å². The molecular weight excluding hydrogens is 346 g/mol. The summed E-state index contributed by atoms with van der Waals surface area (Å²) in [5, 5.41) is 9.77. The molecule has 2 aromatic rings. The maximum absolute atomic E-state index is 12.6. The summed E-state index contributed by atoms with van der Waals surface area (Å²) in [5.74, 6) is 0.540. The summed E-state index contributed by atoms with van der Waals surface area (Å²) in [6, 6.07) is 14.5. The van der Waals surface area contributed by atoms with E-state index in [9.17, 15) is 13.7 Å². The smallest absolute Gasteiger partial charge is 0.216 e. The number of nitriles is 1. The second-order valence-corrected chi connectivity index (χ2v) is 7.32. The van der Waals surface area contributed by atoms with Crippen molar-refractivity contribution in [2.45, 2.75) is 18.2 Å². The number of benzene rings is 2. The second kappa shape index (κ2) is 8.00. The second-order valence-electron chi connectivity index (χ2n) is 4.96. The van der Waals surface area contributed by atoms with Crippen LogP contribution >= 0.6 is 11.6 Å². The average Bonchev–Trinajstić information content (AvgIpc) is 2.58. The van der Waals surface area contributed by atoms with Gasteiger partial charge in [-0.05, 0) is 42.8 Å². The van der Waals surface area contributed by atoms with Crippen LogP contribution < -0.4 is 4.74 Å². The quantitative estimate of drug-likeness (QED) is 0.712. The Kier molecular flexibility index (Phi) is 6.02. The van der Waals surface area contributed by atoms with Crippen molar-refractivity contribution in [3.8, 4) is 11.8 Å². The maximum Gasteiger partial charge on any atom is 0.216 e. The third-order valence-corrected chi connectivity index (χ3v) is 5.12. The highest BCUT2D eigenvalue weighted by Crippen LogP contribution is 2.26. The topological polar surface area (TPSA) is 67.2 Å². The minimum Gasteiger partial charge on any atom is -0.493 e. The molecule has 0 amide bonds. The van der Waals surface area contributed by atoms with Gasteiger partial charge in [0.1, 0.15) is 16.7 Å². The van der Waals surface area contributed by atoms with Crippen LogP contribution in [0.3, 0.4) is 0 Å². The zero-order chi connectivity index (χ0) is 17.6. The van der Waals surface area contributed by atoms with Crippen LogP contribution in [-0.4, -0.2) is 15.0 Å². The molecule has 0 bridgehead atoms. The van der Waals surface area contributed by atoms with E-state index in [4.69, 9.17) is 16.3 Å². The molecule has 0 aliphatic carbocycles. The highest BCUT2D eigenvalue weighted by Gasteiger charge is 2.21. The Hall–Kier alpha value is -2.29. The van der Waals surface area contributed by atoms with Gasteiger partial charge in [0.25, 0.3) is 0 Å². The van der Waals surface area contributed by atoms with E-state index in [0.717, 1.165) is 6.42 Å². The van der Waals surface area contributed by atoms with Crippen molar-refractivity contribution in [2.24, 2.45) is 0 Å². The monoisotopic (exact) mass is 361 g/mol. The molecule has 0 aliphatic rings. The first-order chi connectivity index (χ1) is 11.5. The van der Waals surface area contributed by atoms with Gasteiger partial charge in [0.05, 0.1) is 11.5 Å². The number of allylic oxidation sites excluding steroid dienone is 1. The molecule has 2 rings (SSSR count). The molecule has 24 heavy (non-hydrogen) atoms. The summed E-state index contributed by atoms with van der Waals surface area (Å²) < 4.78 is 30.9. The van der Waals surface area contributed by atoms with E-state index in [1.165, 1.54) is 30.3 Å². The van der Waals surface area contributed by atoms with E-state index >= 15 is 0 Å². The van der Waals surface area contributed by atoms with Crippen molar-refractivity contribution in [2.75, 3.05) is 6.61 Å². The van der Waals surface area contributed by atoms with E-state index in [1.54, 1.807) is 30.3 Å². The van der Waals surface area contributed by atoms with E-state index in [1.807, 2.05) is 6.92 Å². The summed E-state index contributed by atoms with van der Waals surface area (Å²) in [6.45, 7) is 2.49. The predicted molar refractivity (Wildman–Crippen MR) is 94.5 cm³/mol. The number of para-hydroxylation sites is 1. The molecule has 0 saturated carbocycles. The Morgan fingerprint density at radius 1 is 1.21 bits per heavy atom. The molecule has 0 aromatic heterocycles. The first-order valence-corrected chi connectivity index (χ1v) is 9.19. The van der Waals surface area contributed by atoms with Gasteiger partial charge in [0, 0.05) is 10.6 Å². The van der Waals surface area contributed by atoms with Gasteiger partial charge in [-0.2, -0.15) is 5.26 Å². The van der Waals surface area contributed by atoms with Crippen LogP contribution in [-0.2, 0) is 9.84 Å². The van der Waals surface area contributed by atoms with Crippen molar-refractivity contribution >= 4 is 27.5 Å². The third kappa shape index (κ3) is 4.16. The van der Waals surface area contributed by atoms with Crippen molar-refractivity contribution in [3.05, 3.63) is 64.0 Å². The van der Waals surface area contributed by atoms with E-state index in [0.29, 0.717) is 22.9 Å². The summed E-state index contributed by atoms with van der Waals surface area (Å²) in [6.07, 6.45) is 2.15. The standard InChI is InChI=1S/C18H16ClNO3S/c1-2-11-23-18-6-4-3-5-14(18)12-17(13-20)24(21,22)16-9-7-15(19)8-10-16/h3-10,12H,2,11H2,1H3. The summed E-state index contributed by atoms with van der Waals surface area (Å²) in [5.41, 5.74) is 0.542. The molecular formula is C18H16ClNO3S. The van der Waals surface area contributed by atoms with Gasteiger partial charge in [0.15, 0.2) is 0 Å². The highest BCUT2D eigenvalue weighted by molar-refractivity contribution is 7.95. The fraction of sp³-hybridized carbons (Fsp3) is 0.167. The van der Waals surface area contributed by atoms with E-state index in [-0.39, 0.29) is 9.80 Å². The van der Waals surface area contributed by atoms with Crippen LogP contribution in [0.4, 0.5) is 0 Å². The zero-order valence-corrected chi connectivity index (χ0v) is 14.6. The van der Waals surface area contributed by atoms with Crippen molar-refractivity contribution in [3.63, 3.8) is 0 Å². The van der Waals surface area contributed by atoms with Gasteiger partial charge in [-0.1, -0.05) is 36.7 Å². The molecule has 0 saturated heterocycles. The molecule has 2 aromatic carbocycles. The van der Waals surface area contributed by atoms with Gasteiger partial charge in [-0.15, -0.1) is 0 Å². The summed E-state index contributed by atoms with van der Waals surface area (Å²) in [7, 11) is -3.92. The Labute approximate surface area is 146 Å². The maximum atomic E-state index is 12.6. The Balaban J connectivity index is 2.47. The minimum absolute atomic E-state index is 0.0201. The van der Waals surface area contributed by atoms with Crippen molar-refractivity contribution in [1.82, 2.24) is 0 Å². The van der Waals surface area contributed by atoms with Gasteiger partial charge < -0.3 is 4.74 Å². The lowest BCUT2D eigenvalue weighted by Crippen LogP contribution is -2.04. The minimum atomic E-state index is -3.92. The Morgan fingerprint density at radius 3 is 2.50 bits per heavy atom. The zero-order valence-electron chi connectivity index (χ0n) is 13.1. The fourth-order valence-electron chi connectivity index (χ4n) is 2.00. The van der Waals surface area contributed by atoms with Crippen LogP contribution in [0.15, 0.2) is 58.3 Å². The number of hydrogen-bond acceptors (Lipinski definition) is 4. The molecule has 0 aliphatic heterocycles. The SMILES string of the molecule is CCCOc1ccccc1C=C(C#N)S(=O)(=O)c1ccc(Cl)cc1. The summed E-state index contributed by atoms with van der Waals surface area (Å²) in [4.78, 5) is -0.330. The van der Waals surface area contributed by atoms with Gasteiger partial charge in [-0.3, -0.25) is 0 Å². The number of nitrogens with zero attached hydrogens (tertiary/aromatic N) is 1. The first kappa shape index (κ1) is 18.1. The van der Waals surface area contributed by atoms with E-state index in [2.05, 4.69) is 0 Å². The normalized spacial score (nSPS) is 11.8. The lowest BCUT2D eigenvalue weighted by molar-refractivity contribution is 0.317. The van der Waals surface area contributed by atoms with Gasteiger partial charge >= 0.3 is 0 Å². The average molecular weight is 362 g/mol. The lowest BCUT2D eigenvalue weighted by Gasteiger charge is -2.09. The van der Waals surface area contributed by atoms with Crippen LogP contribution in [0.2, 0.25) is 5.02 Å². The fourth-order valence-corrected chi connectivity index (χ4v) is 3.27. The molecule has 0 fully saturated rings. The number of sulfone groups is 1. The van der Waals surface area contributed by atoms with Crippen molar-refractivity contribution < 1.29 is 13.2 Å². The number of rotatable bonds is 6. The van der Waals surface area contributed by atoms with Gasteiger partial charge in [0.2, 0.25) is 9.84 Å². The number of halogens is 1. The van der Waals surface area contributed by atoms with Crippen LogP contribution in [0, 0.1) is 11.3 Å². The van der Waals surface area contributed by atoms with Crippen molar-refractivity contribution in [1.29, 1.82) is 5.26 Å². The largest absolute Gasteiger partial charge is 0.493 e. The molecule has 0 N–H and O–H groups in total. The third-order valence-electron chi connectivity index (χ3n) is 3.19. The Morgan fingerprint density at radius 2 is 1.88 bits per heavy atom. The Bertz CT molecular complexity index is 881. The number of hydrogen-bond donors (Lipinski definition) is 0. The molecule has 4 nitrogen and oxygen atoms in total. The molecule has 6 heteroatoms. The molecule has 0 atom stereocenters. The van der Waals surface area contributed by atoms with E-state index < -0.39 is 9.84 Å². The van der Waals surface area contributed by atoms with Crippen LogP contribution in [0.5, 0.6) is 5.75 Å². The number of ether oxygens (including phenoxy) is 1.